The van der Waals surface area contributed by atoms with Gasteiger partial charge in [-0.1, -0.05) is 34.2 Å². The highest BCUT2D eigenvalue weighted by Gasteiger charge is 2.13. The number of hydrogen-bond acceptors (Lipinski definition) is 19. The van der Waals surface area contributed by atoms with Crippen molar-refractivity contribution in [2.45, 2.75) is 6.92 Å². The van der Waals surface area contributed by atoms with E-state index in [4.69, 9.17) is 53.8 Å². The summed E-state index contributed by atoms with van der Waals surface area (Å²) >= 11 is 7.39. The molecule has 0 saturated carbocycles. The van der Waals surface area contributed by atoms with Gasteiger partial charge in [-0.15, -0.1) is 0 Å². The number of rotatable bonds is 11. The number of nitrogens with one attached hydrogen (secondary N) is 3. The molecule has 9 rings (SSSR count). The summed E-state index contributed by atoms with van der Waals surface area (Å²) in [7, 11) is 7.46. The van der Waals surface area contributed by atoms with Gasteiger partial charge in [-0.25, -0.2) is 4.79 Å². The lowest BCUT2D eigenvalue weighted by Gasteiger charge is -2.08. The van der Waals surface area contributed by atoms with Crippen LogP contribution in [0.15, 0.2) is 176 Å². The summed E-state index contributed by atoms with van der Waals surface area (Å²) in [6.07, 6.45) is 11.8. The lowest BCUT2D eigenvalue weighted by molar-refractivity contribution is -0.385. The van der Waals surface area contributed by atoms with Gasteiger partial charge in [0.1, 0.15) is 46.1 Å². The van der Waals surface area contributed by atoms with E-state index in [1.807, 2.05) is 89.3 Å². The van der Waals surface area contributed by atoms with Gasteiger partial charge in [0, 0.05) is 57.3 Å². The second-order valence-corrected chi connectivity index (χ2v) is 14.7. The van der Waals surface area contributed by atoms with Gasteiger partial charge in [0.25, 0.3) is 0 Å². The van der Waals surface area contributed by atoms with Gasteiger partial charge in [-0.05, 0) is 126 Å². The normalized spacial score (nSPS) is 9.41. The number of aliphatic hydroxyl groups is 1. The quantitative estimate of drug-likeness (QED) is 0.0230. The van der Waals surface area contributed by atoms with Crippen molar-refractivity contribution in [1.29, 1.82) is 5.26 Å². The van der Waals surface area contributed by atoms with Gasteiger partial charge in [-0.2, -0.15) is 5.26 Å². The number of nitriles is 1. The van der Waals surface area contributed by atoms with Crippen LogP contribution in [0.4, 0.5) is 45.5 Å². The molecule has 0 atom stereocenters. The third-order valence-corrected chi connectivity index (χ3v) is 9.78. The zero-order valence-electron chi connectivity index (χ0n) is 44.0. The number of hydrogen-bond donors (Lipinski definition) is 6. The number of halogens is 2. The minimum atomic E-state index is -0.574. The standard InChI is InChI=1S/C13H11N3O2.C12H11N3O3.C12H13N3O.C7H9NO.C5H3ClN2O2.C2H3N.CH3I.CH4O/c1-18-10-4-2-9(3-5-10)16-12-6-7-14-8-11(12)15-13(16)17;1-18-10-4-2-9(3-5-10)14-11-6-7-13-8-12(11)15(16)17;1-16-10-4-2-9(3-5-10)15-12-6-7-14-8-11(12)13;1-9-7-4-2-6(8)3-5-7;6-4-1-2-7-3-5(4)8(9)10;1-2-3;2*1-2/h2-8H,1H3,(H,15,17);2-8H,1H3,(H,13,14);2-8H,13H2,1H3,(H,14,15);2-5H,8H2,1H3;1-3H;1H3;1H3;2H,1H3/i;;;;;;1D;. The van der Waals surface area contributed by atoms with E-state index in [9.17, 15) is 25.0 Å². The molecular weight excluding hydrogens is 1140 g/mol. The Kier molecular flexibility index (Phi) is 29.3. The number of aromatic amines is 1. The van der Waals surface area contributed by atoms with E-state index in [-0.39, 0.29) is 22.1 Å². The first-order chi connectivity index (χ1) is 38.2. The summed E-state index contributed by atoms with van der Waals surface area (Å²) in [5, 5.41) is 41.5. The van der Waals surface area contributed by atoms with Crippen LogP contribution in [0.3, 0.4) is 0 Å². The molecule has 0 aliphatic heterocycles. The number of nitrogens with two attached hydrogens (primary N) is 2. The zero-order valence-corrected chi connectivity index (χ0v) is 45.9. The second-order valence-electron chi connectivity index (χ2n) is 14.3. The number of H-pyrrole nitrogens is 1. The highest BCUT2D eigenvalue weighted by Crippen LogP contribution is 2.28. The highest BCUT2D eigenvalue weighted by molar-refractivity contribution is 14.1. The first-order valence-electron chi connectivity index (χ1n) is 22.9. The second kappa shape index (κ2) is 36.4. The van der Waals surface area contributed by atoms with Gasteiger partial charge in [-0.3, -0.25) is 44.7 Å². The maximum absolute atomic E-state index is 11.9. The van der Waals surface area contributed by atoms with E-state index < -0.39 is 9.85 Å². The van der Waals surface area contributed by atoms with Gasteiger partial charge < -0.3 is 51.1 Å². The summed E-state index contributed by atoms with van der Waals surface area (Å²) in [4.78, 5) is 50.2. The monoisotopic (exact) mass is 1200 g/mol. The van der Waals surface area contributed by atoms with Crippen molar-refractivity contribution in [3.05, 3.63) is 207 Å². The molecule has 0 fully saturated rings. The number of ether oxygens (including phenoxy) is 4. The van der Waals surface area contributed by atoms with Crippen molar-refractivity contribution >= 4 is 90.7 Å². The van der Waals surface area contributed by atoms with Gasteiger partial charge >= 0.3 is 17.1 Å². The molecule has 5 aromatic heterocycles. The average molecular weight is 1200 g/mol. The first kappa shape index (κ1) is 62.7. The first-order valence-corrected chi connectivity index (χ1v) is 24.1. The van der Waals surface area contributed by atoms with Crippen molar-refractivity contribution in [3.63, 3.8) is 0 Å². The van der Waals surface area contributed by atoms with E-state index in [2.05, 4.69) is 35.6 Å². The molecule has 0 unspecified atom stereocenters. The van der Waals surface area contributed by atoms with Crippen molar-refractivity contribution in [2.75, 3.05) is 62.6 Å². The summed E-state index contributed by atoms with van der Waals surface area (Å²) in [5.41, 5.74) is 17.4. The molecule has 0 aliphatic rings. The molecule has 9 aromatic rings. The molecule has 0 spiro atoms. The molecule has 25 heteroatoms. The molecule has 408 valence electrons. The van der Waals surface area contributed by atoms with Crippen LogP contribution >= 0.6 is 34.2 Å². The third-order valence-electron chi connectivity index (χ3n) is 9.46. The Morgan fingerprint density at radius 3 is 1.47 bits per heavy atom. The lowest BCUT2D eigenvalue weighted by Crippen LogP contribution is -2.14. The summed E-state index contributed by atoms with van der Waals surface area (Å²) in [6, 6.07) is 37.7. The maximum Gasteiger partial charge on any atom is 0.331 e. The Hall–Kier alpha value is -9.58. The van der Waals surface area contributed by atoms with Crippen molar-refractivity contribution in [2.24, 2.45) is 0 Å². The number of aliphatic hydroxyl groups excluding tert-OH is 1. The number of benzene rings is 4. The van der Waals surface area contributed by atoms with E-state index in [1.165, 1.54) is 31.6 Å². The predicted molar refractivity (Wildman–Crippen MR) is 313 cm³/mol. The Balaban J connectivity index is 0.000000333. The van der Waals surface area contributed by atoms with E-state index in [0.717, 1.165) is 75.8 Å². The third kappa shape index (κ3) is 21.7. The number of nitro groups is 2. The van der Waals surface area contributed by atoms with Crippen LogP contribution in [0.1, 0.15) is 8.29 Å². The summed E-state index contributed by atoms with van der Waals surface area (Å²) in [6.45, 7) is 1.43. The largest absolute Gasteiger partial charge is 0.497 e. The summed E-state index contributed by atoms with van der Waals surface area (Å²) in [5.74, 6) is 3.15. The van der Waals surface area contributed by atoms with E-state index in [1.54, 1.807) is 112 Å². The lowest BCUT2D eigenvalue weighted by atomic mass is 10.2. The maximum atomic E-state index is 11.9. The molecular formula is C53H57ClIN13O10. The van der Waals surface area contributed by atoms with E-state index in [0.29, 0.717) is 16.3 Å². The number of nitrogen functional groups attached to an aromatic ring is 2. The van der Waals surface area contributed by atoms with Crippen molar-refractivity contribution in [1.82, 2.24) is 29.5 Å². The smallest absolute Gasteiger partial charge is 0.331 e. The number of fused-ring (bicyclic) bond motifs is 1. The Bertz CT molecular complexity index is 3300. The van der Waals surface area contributed by atoms with Crippen molar-refractivity contribution in [3.8, 4) is 34.8 Å². The Morgan fingerprint density at radius 2 is 1.04 bits per heavy atom. The average Bonchev–Trinajstić information content (AvgIpc) is 3.82. The van der Waals surface area contributed by atoms with Crippen LogP contribution in [-0.4, -0.2) is 84.9 Å². The van der Waals surface area contributed by atoms with Gasteiger partial charge in [0.05, 0.1) is 84.8 Å². The molecule has 0 amide bonds. The SMILES string of the molecule is CC#N.CO.COc1ccc(-n2c(=O)[nH]c3cnccc32)cc1.COc1ccc(N)cc1.COc1ccc(Nc2ccncc2N)cc1.COc1ccc(Nc2ccncc2[N+](=O)[O-])cc1.O=[N+]([O-])c1cnccc1Cl.[2H]CI. The molecule has 78 heavy (non-hydrogen) atoms. The molecule has 0 radical (unpaired) electrons. The zero-order chi connectivity index (χ0) is 58.5. The topological polar surface area (TPSA) is 333 Å². The number of nitrogens with zero attached hydrogens (tertiary/aromatic N) is 8. The fourth-order valence-corrected chi connectivity index (χ4v) is 6.05. The number of alkyl halides is 1. The van der Waals surface area contributed by atoms with Crippen LogP contribution in [0.2, 0.25) is 5.02 Å². The van der Waals surface area contributed by atoms with Gasteiger partial charge in [0.15, 0.2) is 0 Å². The number of pyridine rings is 4. The Morgan fingerprint density at radius 1 is 0.654 bits per heavy atom. The van der Waals surface area contributed by atoms with Crippen molar-refractivity contribution < 1.29 is 35.3 Å². The highest BCUT2D eigenvalue weighted by atomic mass is 127. The fourth-order valence-electron chi connectivity index (χ4n) is 5.87. The van der Waals surface area contributed by atoms with Gasteiger partial charge in [0.2, 0.25) is 0 Å². The predicted octanol–water partition coefficient (Wildman–Crippen LogP) is 11.0. The number of aromatic nitrogens is 6. The fraction of sp³-hybridized carbons (Fsp3) is 0.132. The minimum Gasteiger partial charge on any atom is -0.497 e. The van der Waals surface area contributed by atoms with Crippen LogP contribution < -0.4 is 46.7 Å². The number of methoxy groups -OCH3 is 4. The molecule has 0 saturated heterocycles. The molecule has 4 aromatic carbocycles. The summed E-state index contributed by atoms with van der Waals surface area (Å²) < 4.78 is 27.9. The van der Waals surface area contributed by atoms with E-state index >= 15 is 0 Å². The van der Waals surface area contributed by atoms with Crippen LogP contribution in [0.25, 0.3) is 16.7 Å². The number of anilines is 6. The molecule has 0 aliphatic carbocycles. The van der Waals surface area contributed by atoms with Crippen LogP contribution in [0, 0.1) is 31.6 Å². The minimum absolute atomic E-state index is 0.0617. The molecule has 5 heterocycles. The molecule has 8 N–H and O–H groups in total. The van der Waals surface area contributed by atoms with Crippen LogP contribution in [0.5, 0.6) is 23.0 Å². The van der Waals surface area contributed by atoms with Crippen LogP contribution in [-0.2, 0) is 0 Å². The molecule has 23 nitrogen and oxygen atoms in total. The molecule has 0 bridgehead atoms. The Labute approximate surface area is 469 Å². The number of imidazole rings is 1.